The molecule has 5 nitrogen and oxygen atoms in total. The number of benzene rings is 8. The summed E-state index contributed by atoms with van der Waals surface area (Å²) in [5, 5.41) is 7.41. The highest BCUT2D eigenvalue weighted by molar-refractivity contribution is 6.37. The van der Waals surface area contributed by atoms with Gasteiger partial charge in [0.25, 0.3) is 0 Å². The second kappa shape index (κ2) is 12.1. The molecule has 11 rings (SSSR count). The fourth-order valence-electron chi connectivity index (χ4n) is 8.20. The van der Waals surface area contributed by atoms with Crippen molar-refractivity contribution in [3.05, 3.63) is 188 Å². The first-order chi connectivity index (χ1) is 26.8. The maximum Gasteiger partial charge on any atom is 0.164 e. The van der Waals surface area contributed by atoms with Crippen LogP contribution in [0.15, 0.2) is 188 Å². The van der Waals surface area contributed by atoms with E-state index in [2.05, 4.69) is 137 Å². The largest absolute Gasteiger partial charge is 0.309 e. The summed E-state index contributed by atoms with van der Waals surface area (Å²) in [7, 11) is 0. The second-order valence-electron chi connectivity index (χ2n) is 13.6. The van der Waals surface area contributed by atoms with Gasteiger partial charge in [0.05, 0.1) is 22.1 Å². The normalized spacial score (nSPS) is 11.7. The van der Waals surface area contributed by atoms with Crippen LogP contribution < -0.4 is 0 Å². The molecule has 0 aliphatic heterocycles. The summed E-state index contributed by atoms with van der Waals surface area (Å²) in [6.07, 6.45) is 0. The minimum Gasteiger partial charge on any atom is -0.309 e. The highest BCUT2D eigenvalue weighted by Gasteiger charge is 2.24. The van der Waals surface area contributed by atoms with E-state index in [9.17, 15) is 0 Å². The average molecular weight is 690 g/mol. The molecule has 3 heterocycles. The van der Waals surface area contributed by atoms with Crippen LogP contribution in [-0.4, -0.2) is 24.1 Å². The third-order valence-electron chi connectivity index (χ3n) is 10.5. The van der Waals surface area contributed by atoms with Crippen LogP contribution in [0, 0.1) is 0 Å². The molecule has 3 aromatic heterocycles. The fraction of sp³-hybridized carbons (Fsp3) is 0. The van der Waals surface area contributed by atoms with Gasteiger partial charge in [0.1, 0.15) is 0 Å². The second-order valence-corrected chi connectivity index (χ2v) is 13.6. The topological polar surface area (TPSA) is 48.5 Å². The Hall–Kier alpha value is -7.37. The minimum absolute atomic E-state index is 0.636. The van der Waals surface area contributed by atoms with E-state index in [0.717, 1.165) is 33.6 Å². The molecule has 0 radical (unpaired) electrons. The van der Waals surface area contributed by atoms with Gasteiger partial charge in [-0.1, -0.05) is 140 Å². The lowest BCUT2D eigenvalue weighted by molar-refractivity contribution is 1.07. The van der Waals surface area contributed by atoms with Crippen molar-refractivity contribution in [3.63, 3.8) is 0 Å². The van der Waals surface area contributed by atoms with E-state index in [1.807, 2.05) is 60.7 Å². The van der Waals surface area contributed by atoms with Crippen molar-refractivity contribution in [3.8, 4) is 45.5 Å². The lowest BCUT2D eigenvalue weighted by Gasteiger charge is -2.14. The lowest BCUT2D eigenvalue weighted by Crippen LogP contribution is -2.00. The number of hydrogen-bond acceptors (Lipinski definition) is 3. The van der Waals surface area contributed by atoms with E-state index in [1.54, 1.807) is 0 Å². The molecule has 0 bridgehead atoms. The highest BCUT2D eigenvalue weighted by Crippen LogP contribution is 2.46. The third-order valence-corrected chi connectivity index (χ3v) is 10.5. The summed E-state index contributed by atoms with van der Waals surface area (Å²) >= 11 is 0. The fourth-order valence-corrected chi connectivity index (χ4v) is 8.20. The molecule has 8 aromatic carbocycles. The molecule has 0 saturated carbocycles. The van der Waals surface area contributed by atoms with Crippen LogP contribution >= 0.6 is 0 Å². The third kappa shape index (κ3) is 4.62. The summed E-state index contributed by atoms with van der Waals surface area (Å²) in [6, 6.07) is 66.1. The Balaban J connectivity index is 1.17. The van der Waals surface area contributed by atoms with Crippen molar-refractivity contribution in [1.82, 2.24) is 24.1 Å². The predicted molar refractivity (Wildman–Crippen MR) is 222 cm³/mol. The van der Waals surface area contributed by atoms with Crippen molar-refractivity contribution in [1.29, 1.82) is 0 Å². The van der Waals surface area contributed by atoms with Crippen molar-refractivity contribution < 1.29 is 0 Å². The van der Waals surface area contributed by atoms with Crippen molar-refractivity contribution in [2.75, 3.05) is 0 Å². The van der Waals surface area contributed by atoms with E-state index >= 15 is 0 Å². The number of para-hydroxylation sites is 3. The Bertz CT molecular complexity index is 3120. The monoisotopic (exact) mass is 689 g/mol. The molecule has 252 valence electrons. The van der Waals surface area contributed by atoms with E-state index in [1.165, 1.54) is 48.9 Å². The summed E-state index contributed by atoms with van der Waals surface area (Å²) in [5.41, 5.74) is 9.82. The van der Waals surface area contributed by atoms with Gasteiger partial charge in [0, 0.05) is 60.4 Å². The summed E-state index contributed by atoms with van der Waals surface area (Å²) in [4.78, 5) is 14.9. The van der Waals surface area contributed by atoms with Crippen molar-refractivity contribution in [2.24, 2.45) is 0 Å². The predicted octanol–water partition coefficient (Wildman–Crippen LogP) is 12.2. The van der Waals surface area contributed by atoms with Crippen LogP contribution in [0.5, 0.6) is 0 Å². The minimum atomic E-state index is 0.636. The van der Waals surface area contributed by atoms with Gasteiger partial charge in [-0.2, -0.15) is 0 Å². The van der Waals surface area contributed by atoms with Crippen molar-refractivity contribution in [2.45, 2.75) is 0 Å². The van der Waals surface area contributed by atoms with Gasteiger partial charge in [0.2, 0.25) is 0 Å². The Labute approximate surface area is 311 Å². The van der Waals surface area contributed by atoms with Crippen LogP contribution in [0.3, 0.4) is 0 Å². The highest BCUT2D eigenvalue weighted by atomic mass is 15.0. The standard InChI is InChI=1S/C49H31N5/c1-4-16-32(17-5-1)47-50-48(33-18-6-2-7-19-33)52-49(51-47)34-28-30-36(31-29-34)54-42-27-15-13-25-40(42)44-43-39-24-12-14-26-41(39)53(35-20-8-3-9-21-35)45(43)37-22-10-11-23-38(37)46(44)54/h1-31H. The maximum atomic E-state index is 4.99. The average Bonchev–Trinajstić information content (AvgIpc) is 3.79. The number of nitrogens with zero attached hydrogens (tertiary/aromatic N) is 5. The maximum absolute atomic E-state index is 4.99. The van der Waals surface area contributed by atoms with E-state index in [0.29, 0.717) is 17.5 Å². The molecule has 0 saturated heterocycles. The van der Waals surface area contributed by atoms with Gasteiger partial charge in [-0.05, 0) is 48.5 Å². The first-order valence-electron chi connectivity index (χ1n) is 18.2. The first-order valence-corrected chi connectivity index (χ1v) is 18.2. The van der Waals surface area contributed by atoms with Gasteiger partial charge in [-0.15, -0.1) is 0 Å². The molecule has 11 aromatic rings. The first kappa shape index (κ1) is 30.3. The zero-order valence-electron chi connectivity index (χ0n) is 29.1. The zero-order chi connectivity index (χ0) is 35.6. The number of rotatable bonds is 5. The summed E-state index contributed by atoms with van der Waals surface area (Å²) in [6.45, 7) is 0. The lowest BCUT2D eigenvalue weighted by atomic mass is 9.99. The molecule has 5 heteroatoms. The molecule has 0 N–H and O–H groups in total. The molecular weight excluding hydrogens is 659 g/mol. The van der Waals surface area contributed by atoms with Crippen LogP contribution in [0.4, 0.5) is 0 Å². The SMILES string of the molecule is c1ccc(-c2nc(-c3ccccc3)nc(-c3ccc(-n4c5ccccc5c5c6c7ccccc7n(-c7ccccc7)c6c6ccccc6c54)cc3)n2)cc1. The zero-order valence-corrected chi connectivity index (χ0v) is 29.1. The number of aromatic nitrogens is 5. The molecular formula is C49H31N5. The Morgan fingerprint density at radius 2 is 0.611 bits per heavy atom. The van der Waals surface area contributed by atoms with Gasteiger partial charge < -0.3 is 9.13 Å². The van der Waals surface area contributed by atoms with Gasteiger partial charge in [-0.25, -0.2) is 15.0 Å². The Kier molecular flexibility index (Phi) is 6.79. The smallest absolute Gasteiger partial charge is 0.164 e. The van der Waals surface area contributed by atoms with E-state index in [-0.39, 0.29) is 0 Å². The Morgan fingerprint density at radius 3 is 1.06 bits per heavy atom. The molecule has 0 aliphatic rings. The van der Waals surface area contributed by atoms with E-state index < -0.39 is 0 Å². The van der Waals surface area contributed by atoms with Crippen molar-refractivity contribution >= 4 is 54.4 Å². The summed E-state index contributed by atoms with van der Waals surface area (Å²) < 4.78 is 4.87. The quantitative estimate of drug-likeness (QED) is 0.181. The molecule has 0 amide bonds. The van der Waals surface area contributed by atoms with Crippen LogP contribution in [0.2, 0.25) is 0 Å². The van der Waals surface area contributed by atoms with Gasteiger partial charge in [-0.3, -0.25) is 0 Å². The van der Waals surface area contributed by atoms with Gasteiger partial charge >= 0.3 is 0 Å². The molecule has 0 fully saturated rings. The van der Waals surface area contributed by atoms with Gasteiger partial charge in [0.15, 0.2) is 17.5 Å². The molecule has 0 spiro atoms. The molecule has 0 atom stereocenters. The summed E-state index contributed by atoms with van der Waals surface area (Å²) in [5.74, 6) is 1.93. The number of fused-ring (bicyclic) bond motifs is 10. The van der Waals surface area contributed by atoms with Crippen LogP contribution in [0.25, 0.3) is 99.9 Å². The van der Waals surface area contributed by atoms with E-state index in [4.69, 9.17) is 15.0 Å². The molecule has 0 aliphatic carbocycles. The Morgan fingerprint density at radius 1 is 0.278 bits per heavy atom. The van der Waals surface area contributed by atoms with Crippen LogP contribution in [-0.2, 0) is 0 Å². The molecule has 0 unspecified atom stereocenters. The van der Waals surface area contributed by atoms with Crippen LogP contribution in [0.1, 0.15) is 0 Å². The number of hydrogen-bond donors (Lipinski definition) is 0. The molecule has 54 heavy (non-hydrogen) atoms.